The molecule has 244 valence electrons. The Bertz CT molecular complexity index is 2850. The normalized spacial score (nSPS) is 12.1. The lowest BCUT2D eigenvalue weighted by atomic mass is 9.93. The van der Waals surface area contributed by atoms with Crippen molar-refractivity contribution in [3.8, 4) is 28.3 Å². The molecule has 0 bridgehead atoms. The van der Waals surface area contributed by atoms with Crippen LogP contribution in [0, 0.1) is 27.7 Å². The SMILES string of the molecule is Cc1cc(C)cc(N(c2ccc3c(c2)c2cc4ccccc4cc2n3-c2cc(C)cc(C)c2)c2ccc3c4c(cccc24)Oc2ccccc2-3)c1. The van der Waals surface area contributed by atoms with Crippen LogP contribution in [-0.2, 0) is 0 Å². The number of ether oxygens (including phenoxy) is 1. The Morgan fingerprint density at radius 1 is 0.451 bits per heavy atom. The lowest BCUT2D eigenvalue weighted by molar-refractivity contribution is 0.487. The molecular weight excluding hydrogens is 621 g/mol. The van der Waals surface area contributed by atoms with Crippen molar-refractivity contribution in [1.29, 1.82) is 0 Å². The van der Waals surface area contributed by atoms with Crippen LogP contribution >= 0.6 is 0 Å². The third-order valence-corrected chi connectivity index (χ3v) is 10.4. The van der Waals surface area contributed by atoms with E-state index in [4.69, 9.17) is 4.74 Å². The van der Waals surface area contributed by atoms with Crippen molar-refractivity contribution < 1.29 is 4.74 Å². The van der Waals surface area contributed by atoms with Crippen molar-refractivity contribution in [3.05, 3.63) is 168 Å². The molecule has 0 spiro atoms. The summed E-state index contributed by atoms with van der Waals surface area (Å²) in [5, 5.41) is 7.24. The summed E-state index contributed by atoms with van der Waals surface area (Å²) in [7, 11) is 0. The monoisotopic (exact) mass is 656 g/mol. The van der Waals surface area contributed by atoms with Gasteiger partial charge in [0.1, 0.15) is 11.5 Å². The van der Waals surface area contributed by atoms with E-state index < -0.39 is 0 Å². The molecular formula is C48H36N2O. The second-order valence-corrected chi connectivity index (χ2v) is 14.2. The van der Waals surface area contributed by atoms with Gasteiger partial charge >= 0.3 is 0 Å². The summed E-state index contributed by atoms with van der Waals surface area (Å²) in [4.78, 5) is 2.43. The number of nitrogens with zero attached hydrogens (tertiary/aromatic N) is 2. The Morgan fingerprint density at radius 2 is 1.12 bits per heavy atom. The van der Waals surface area contributed by atoms with Crippen molar-refractivity contribution in [2.24, 2.45) is 0 Å². The van der Waals surface area contributed by atoms with E-state index >= 15 is 0 Å². The summed E-state index contributed by atoms with van der Waals surface area (Å²) in [5.74, 6) is 1.79. The summed E-state index contributed by atoms with van der Waals surface area (Å²) < 4.78 is 8.96. The minimum Gasteiger partial charge on any atom is -0.456 e. The van der Waals surface area contributed by atoms with Gasteiger partial charge in [-0.2, -0.15) is 0 Å². The number of aryl methyl sites for hydroxylation is 4. The second-order valence-electron chi connectivity index (χ2n) is 14.2. The fourth-order valence-electron chi connectivity index (χ4n) is 8.46. The second kappa shape index (κ2) is 11.1. The highest BCUT2D eigenvalue weighted by atomic mass is 16.5. The zero-order valence-corrected chi connectivity index (χ0v) is 29.2. The fraction of sp³-hybridized carbons (Fsp3) is 0.0833. The maximum absolute atomic E-state index is 6.52. The van der Waals surface area contributed by atoms with Crippen molar-refractivity contribution in [2.75, 3.05) is 4.90 Å². The zero-order chi connectivity index (χ0) is 34.4. The molecule has 9 aromatic rings. The van der Waals surface area contributed by atoms with Crippen molar-refractivity contribution in [3.63, 3.8) is 0 Å². The molecule has 0 unspecified atom stereocenters. The highest BCUT2D eigenvalue weighted by molar-refractivity contribution is 6.16. The third-order valence-electron chi connectivity index (χ3n) is 10.4. The lowest BCUT2D eigenvalue weighted by Gasteiger charge is -2.30. The van der Waals surface area contributed by atoms with Gasteiger partial charge < -0.3 is 14.2 Å². The van der Waals surface area contributed by atoms with E-state index in [1.165, 1.54) is 66.1 Å². The molecule has 10 rings (SSSR count). The Kier molecular flexibility index (Phi) is 6.44. The number of anilines is 3. The van der Waals surface area contributed by atoms with Crippen LogP contribution in [0.15, 0.2) is 146 Å². The average Bonchev–Trinajstić information content (AvgIpc) is 3.43. The molecule has 0 N–H and O–H groups in total. The van der Waals surface area contributed by atoms with Crippen LogP contribution in [-0.4, -0.2) is 4.57 Å². The highest BCUT2D eigenvalue weighted by Crippen LogP contribution is 2.51. The standard InChI is InChI=1S/C48H36N2O/c1-29-20-30(2)23-36(22-29)49(43-19-17-39-38-12-7-8-14-46(38)51-47-15-9-13-40(43)48(39)47)35-16-18-44-42(28-35)41-26-33-10-5-6-11-34(33)27-45(41)50(44)37-24-31(3)21-32(4)25-37/h5-28H,1-4H3. The Balaban J connectivity index is 1.27. The molecule has 8 aromatic carbocycles. The molecule has 1 aliphatic rings. The first-order chi connectivity index (χ1) is 24.9. The molecule has 0 saturated carbocycles. The Morgan fingerprint density at radius 3 is 1.90 bits per heavy atom. The topological polar surface area (TPSA) is 17.4 Å². The summed E-state index contributed by atoms with van der Waals surface area (Å²) in [6.45, 7) is 8.73. The largest absolute Gasteiger partial charge is 0.456 e. The van der Waals surface area contributed by atoms with Gasteiger partial charge in [-0.1, -0.05) is 72.8 Å². The molecule has 1 aromatic heterocycles. The first kappa shape index (κ1) is 29.6. The Hall–Kier alpha value is -6.32. The molecule has 0 radical (unpaired) electrons. The predicted octanol–water partition coefficient (Wildman–Crippen LogP) is 13.6. The quantitative estimate of drug-likeness (QED) is 0.188. The molecule has 0 atom stereocenters. The molecule has 0 saturated heterocycles. The smallest absolute Gasteiger partial charge is 0.135 e. The van der Waals surface area contributed by atoms with E-state index in [2.05, 4.69) is 177 Å². The van der Waals surface area contributed by atoms with E-state index in [1.807, 2.05) is 6.07 Å². The number of hydrogen-bond acceptors (Lipinski definition) is 2. The summed E-state index contributed by atoms with van der Waals surface area (Å²) >= 11 is 0. The molecule has 0 aliphatic carbocycles. The van der Waals surface area contributed by atoms with Gasteiger partial charge in [0.05, 0.1) is 16.7 Å². The number of fused-ring (bicyclic) bond motifs is 6. The van der Waals surface area contributed by atoms with E-state index in [0.717, 1.165) is 44.9 Å². The molecule has 3 nitrogen and oxygen atoms in total. The number of para-hydroxylation sites is 1. The zero-order valence-electron chi connectivity index (χ0n) is 29.2. The maximum atomic E-state index is 6.52. The summed E-state index contributed by atoms with van der Waals surface area (Å²) in [5.41, 5.74) is 14.2. The summed E-state index contributed by atoms with van der Waals surface area (Å²) in [6, 6.07) is 53.4. The summed E-state index contributed by atoms with van der Waals surface area (Å²) in [6.07, 6.45) is 0. The van der Waals surface area contributed by atoms with Crippen LogP contribution in [0.25, 0.3) is 60.2 Å². The molecule has 0 fully saturated rings. The van der Waals surface area contributed by atoms with E-state index in [0.29, 0.717) is 0 Å². The number of rotatable bonds is 4. The molecule has 3 heteroatoms. The van der Waals surface area contributed by atoms with Crippen molar-refractivity contribution >= 4 is 60.4 Å². The van der Waals surface area contributed by atoms with E-state index in [9.17, 15) is 0 Å². The number of benzene rings is 8. The molecule has 0 amide bonds. The van der Waals surface area contributed by atoms with Gasteiger partial charge in [-0.3, -0.25) is 0 Å². The minimum absolute atomic E-state index is 0.891. The fourth-order valence-corrected chi connectivity index (χ4v) is 8.46. The van der Waals surface area contributed by atoms with Gasteiger partial charge in [-0.25, -0.2) is 0 Å². The predicted molar refractivity (Wildman–Crippen MR) is 215 cm³/mol. The first-order valence-electron chi connectivity index (χ1n) is 17.7. The van der Waals surface area contributed by atoms with Crippen LogP contribution in [0.3, 0.4) is 0 Å². The van der Waals surface area contributed by atoms with Crippen LogP contribution in [0.4, 0.5) is 17.1 Å². The van der Waals surface area contributed by atoms with Crippen LogP contribution < -0.4 is 9.64 Å². The number of aromatic nitrogens is 1. The minimum atomic E-state index is 0.891. The lowest BCUT2D eigenvalue weighted by Crippen LogP contribution is -2.12. The van der Waals surface area contributed by atoms with Crippen LogP contribution in [0.2, 0.25) is 0 Å². The molecule has 1 aliphatic heterocycles. The van der Waals surface area contributed by atoms with E-state index in [1.54, 1.807) is 0 Å². The van der Waals surface area contributed by atoms with Gasteiger partial charge in [-0.15, -0.1) is 0 Å². The van der Waals surface area contributed by atoms with Gasteiger partial charge in [0.15, 0.2) is 0 Å². The van der Waals surface area contributed by atoms with Crippen molar-refractivity contribution in [1.82, 2.24) is 4.57 Å². The van der Waals surface area contributed by atoms with Crippen LogP contribution in [0.5, 0.6) is 11.5 Å². The first-order valence-corrected chi connectivity index (χ1v) is 17.7. The van der Waals surface area contributed by atoms with Gasteiger partial charge in [0.2, 0.25) is 0 Å². The Labute approximate surface area is 297 Å². The molecule has 2 heterocycles. The third kappa shape index (κ3) is 4.65. The molecule has 51 heavy (non-hydrogen) atoms. The van der Waals surface area contributed by atoms with Gasteiger partial charge in [0, 0.05) is 44.2 Å². The average molecular weight is 657 g/mol. The number of hydrogen-bond donors (Lipinski definition) is 0. The highest BCUT2D eigenvalue weighted by Gasteiger charge is 2.25. The maximum Gasteiger partial charge on any atom is 0.135 e. The van der Waals surface area contributed by atoms with Gasteiger partial charge in [0.25, 0.3) is 0 Å². The van der Waals surface area contributed by atoms with E-state index in [-0.39, 0.29) is 0 Å². The van der Waals surface area contributed by atoms with Gasteiger partial charge in [-0.05, 0) is 139 Å². The van der Waals surface area contributed by atoms with Crippen LogP contribution in [0.1, 0.15) is 22.3 Å². The van der Waals surface area contributed by atoms with Crippen molar-refractivity contribution in [2.45, 2.75) is 27.7 Å².